The molecule has 0 saturated heterocycles. The molecule has 0 aliphatic heterocycles. The zero-order chi connectivity index (χ0) is 22.2. The molecule has 0 fully saturated rings. The molecular formula is C22H24ClFN4O2S. The number of hydrogen-bond donors (Lipinski definition) is 1. The maximum Gasteiger partial charge on any atom is 0.234 e. The van der Waals surface area contributed by atoms with Crippen molar-refractivity contribution in [3.63, 3.8) is 0 Å². The van der Waals surface area contributed by atoms with Gasteiger partial charge in [0.1, 0.15) is 17.4 Å². The molecule has 0 aliphatic rings. The van der Waals surface area contributed by atoms with Gasteiger partial charge in [-0.05, 0) is 68.3 Å². The fourth-order valence-corrected chi connectivity index (χ4v) is 4.02. The molecule has 1 heterocycles. The number of thioether (sulfide) groups is 1. The van der Waals surface area contributed by atoms with Gasteiger partial charge in [-0.2, -0.15) is 0 Å². The van der Waals surface area contributed by atoms with Crippen molar-refractivity contribution in [1.82, 2.24) is 14.8 Å². The number of hydrogen-bond acceptors (Lipinski definition) is 5. The molecule has 1 aromatic heterocycles. The minimum absolute atomic E-state index is 0.185. The lowest BCUT2D eigenvalue weighted by Gasteiger charge is -2.10. The van der Waals surface area contributed by atoms with E-state index in [0.717, 1.165) is 30.0 Å². The molecule has 164 valence electrons. The molecule has 1 amide bonds. The molecular weight excluding hydrogens is 439 g/mol. The van der Waals surface area contributed by atoms with Gasteiger partial charge < -0.3 is 14.6 Å². The number of aryl methyl sites for hydroxylation is 2. The molecule has 0 unspecified atom stereocenters. The summed E-state index contributed by atoms with van der Waals surface area (Å²) in [5, 5.41) is 12.6. The number of amides is 1. The standard InChI is InChI=1S/C22H24ClFN4O2S/c1-3-28-20(5-4-12-30-19-11-6-16(23)13-15(19)2)26-27-22(28)31-14-21(29)25-18-9-7-17(24)8-10-18/h6-11,13H,3-5,12,14H2,1-2H3,(H,25,29). The number of carbonyl (C=O) groups excluding carboxylic acids is 1. The van der Waals surface area contributed by atoms with E-state index in [2.05, 4.69) is 15.5 Å². The van der Waals surface area contributed by atoms with E-state index in [4.69, 9.17) is 16.3 Å². The Bertz CT molecular complexity index is 1030. The van der Waals surface area contributed by atoms with Crippen LogP contribution in [-0.2, 0) is 17.8 Å². The second kappa shape index (κ2) is 11.2. The van der Waals surface area contributed by atoms with Crippen LogP contribution in [0.4, 0.5) is 10.1 Å². The van der Waals surface area contributed by atoms with Crippen LogP contribution >= 0.6 is 23.4 Å². The van der Waals surface area contributed by atoms with Gasteiger partial charge in [-0.25, -0.2) is 4.39 Å². The van der Waals surface area contributed by atoms with Gasteiger partial charge >= 0.3 is 0 Å². The number of carbonyl (C=O) groups is 1. The summed E-state index contributed by atoms with van der Waals surface area (Å²) in [6.45, 7) is 5.25. The highest BCUT2D eigenvalue weighted by Gasteiger charge is 2.13. The quantitative estimate of drug-likeness (QED) is 0.333. The molecule has 2 aromatic carbocycles. The topological polar surface area (TPSA) is 69.0 Å². The minimum atomic E-state index is -0.343. The summed E-state index contributed by atoms with van der Waals surface area (Å²) in [6.07, 6.45) is 1.51. The van der Waals surface area contributed by atoms with Gasteiger partial charge in [0, 0.05) is 23.7 Å². The Kier molecular flexibility index (Phi) is 8.31. The third-order valence-electron chi connectivity index (χ3n) is 4.51. The van der Waals surface area contributed by atoms with Gasteiger partial charge in [-0.15, -0.1) is 10.2 Å². The lowest BCUT2D eigenvalue weighted by Crippen LogP contribution is -2.14. The number of nitrogens with zero attached hydrogens (tertiary/aromatic N) is 3. The van der Waals surface area contributed by atoms with Crippen LogP contribution in [0.25, 0.3) is 0 Å². The van der Waals surface area contributed by atoms with Crippen molar-refractivity contribution in [1.29, 1.82) is 0 Å². The van der Waals surface area contributed by atoms with Crippen LogP contribution in [0.15, 0.2) is 47.6 Å². The van der Waals surface area contributed by atoms with Crippen molar-refractivity contribution in [2.45, 2.75) is 38.4 Å². The number of anilines is 1. The molecule has 1 N–H and O–H groups in total. The first kappa shape index (κ1) is 23.1. The second-order valence-electron chi connectivity index (χ2n) is 6.85. The fraction of sp³-hybridized carbons (Fsp3) is 0.318. The summed E-state index contributed by atoms with van der Waals surface area (Å²) in [5.41, 5.74) is 1.56. The van der Waals surface area contributed by atoms with Crippen LogP contribution in [0.1, 0.15) is 24.7 Å². The largest absolute Gasteiger partial charge is 0.493 e. The van der Waals surface area contributed by atoms with Crippen LogP contribution in [0.3, 0.4) is 0 Å². The maximum atomic E-state index is 13.0. The normalized spacial score (nSPS) is 10.8. The van der Waals surface area contributed by atoms with Crippen LogP contribution in [0.5, 0.6) is 5.75 Å². The molecule has 3 aromatic rings. The summed E-state index contributed by atoms with van der Waals surface area (Å²) in [4.78, 5) is 12.2. The van der Waals surface area contributed by atoms with E-state index in [1.165, 1.54) is 36.0 Å². The highest BCUT2D eigenvalue weighted by atomic mass is 35.5. The lowest BCUT2D eigenvalue weighted by molar-refractivity contribution is -0.113. The molecule has 0 spiro atoms. The molecule has 3 rings (SSSR count). The Labute approximate surface area is 190 Å². The van der Waals surface area contributed by atoms with Crippen LogP contribution < -0.4 is 10.1 Å². The Morgan fingerprint density at radius 3 is 2.71 bits per heavy atom. The Hall–Kier alpha value is -2.58. The Balaban J connectivity index is 1.48. The third-order valence-corrected chi connectivity index (χ3v) is 5.71. The van der Waals surface area contributed by atoms with E-state index >= 15 is 0 Å². The zero-order valence-corrected chi connectivity index (χ0v) is 19.0. The SMILES string of the molecule is CCn1c(CCCOc2ccc(Cl)cc2C)nnc1SCC(=O)Nc1ccc(F)cc1. The first-order chi connectivity index (χ1) is 15.0. The van der Waals surface area contributed by atoms with Gasteiger partial charge in [0.2, 0.25) is 5.91 Å². The van der Waals surface area contributed by atoms with Crippen LogP contribution in [-0.4, -0.2) is 33.0 Å². The summed E-state index contributed by atoms with van der Waals surface area (Å²) in [7, 11) is 0. The summed E-state index contributed by atoms with van der Waals surface area (Å²) in [5.74, 6) is 1.35. The molecule has 0 saturated carbocycles. The Morgan fingerprint density at radius 1 is 1.23 bits per heavy atom. The summed E-state index contributed by atoms with van der Waals surface area (Å²) in [6, 6.07) is 11.2. The van der Waals surface area contributed by atoms with E-state index in [0.29, 0.717) is 29.0 Å². The molecule has 6 nitrogen and oxygen atoms in total. The fourth-order valence-electron chi connectivity index (χ4n) is 2.98. The monoisotopic (exact) mass is 462 g/mol. The summed E-state index contributed by atoms with van der Waals surface area (Å²) >= 11 is 7.29. The van der Waals surface area contributed by atoms with E-state index in [-0.39, 0.29) is 17.5 Å². The first-order valence-corrected chi connectivity index (χ1v) is 11.3. The van der Waals surface area contributed by atoms with Crippen LogP contribution in [0, 0.1) is 12.7 Å². The predicted molar refractivity (Wildman–Crippen MR) is 121 cm³/mol. The molecule has 0 aliphatic carbocycles. The van der Waals surface area contributed by atoms with E-state index in [1.54, 1.807) is 0 Å². The molecule has 9 heteroatoms. The number of rotatable bonds is 10. The predicted octanol–water partition coefficient (Wildman–Crippen LogP) is 5.14. The van der Waals surface area contributed by atoms with Gasteiger partial charge in [0.05, 0.1) is 12.4 Å². The van der Waals surface area contributed by atoms with Gasteiger partial charge in [0.25, 0.3) is 0 Å². The number of benzene rings is 2. The van der Waals surface area contributed by atoms with Gasteiger partial charge in [0.15, 0.2) is 5.16 Å². The number of ether oxygens (including phenoxy) is 1. The lowest BCUT2D eigenvalue weighted by atomic mass is 10.2. The average molecular weight is 463 g/mol. The molecule has 31 heavy (non-hydrogen) atoms. The van der Waals surface area contributed by atoms with E-state index < -0.39 is 0 Å². The second-order valence-corrected chi connectivity index (χ2v) is 8.23. The van der Waals surface area contributed by atoms with Crippen molar-refractivity contribution in [2.24, 2.45) is 0 Å². The number of halogens is 2. The molecule has 0 bridgehead atoms. The minimum Gasteiger partial charge on any atom is -0.493 e. The van der Waals surface area contributed by atoms with Gasteiger partial charge in [-0.1, -0.05) is 23.4 Å². The average Bonchev–Trinajstić information content (AvgIpc) is 3.14. The van der Waals surface area contributed by atoms with Crippen molar-refractivity contribution in [3.05, 3.63) is 64.7 Å². The first-order valence-electron chi connectivity index (χ1n) is 9.95. The van der Waals surface area contributed by atoms with Crippen molar-refractivity contribution >= 4 is 35.0 Å². The smallest absolute Gasteiger partial charge is 0.234 e. The third kappa shape index (κ3) is 6.70. The van der Waals surface area contributed by atoms with Crippen molar-refractivity contribution in [3.8, 4) is 5.75 Å². The Morgan fingerprint density at radius 2 is 2.00 bits per heavy atom. The summed E-state index contributed by atoms with van der Waals surface area (Å²) < 4.78 is 20.8. The highest BCUT2D eigenvalue weighted by Crippen LogP contribution is 2.22. The van der Waals surface area contributed by atoms with Crippen molar-refractivity contribution in [2.75, 3.05) is 17.7 Å². The molecule has 0 atom stereocenters. The zero-order valence-electron chi connectivity index (χ0n) is 17.4. The number of nitrogens with one attached hydrogen (secondary N) is 1. The van der Waals surface area contributed by atoms with Gasteiger partial charge in [-0.3, -0.25) is 4.79 Å². The maximum absolute atomic E-state index is 13.0. The van der Waals surface area contributed by atoms with Crippen molar-refractivity contribution < 1.29 is 13.9 Å². The molecule has 0 radical (unpaired) electrons. The van der Waals surface area contributed by atoms with E-state index in [9.17, 15) is 9.18 Å². The van der Waals surface area contributed by atoms with E-state index in [1.807, 2.05) is 36.6 Å². The van der Waals surface area contributed by atoms with Crippen LogP contribution in [0.2, 0.25) is 5.02 Å². The number of aromatic nitrogens is 3. The highest BCUT2D eigenvalue weighted by molar-refractivity contribution is 7.99.